The number of halogens is 4. The third-order valence-electron chi connectivity index (χ3n) is 5.47. The van der Waals surface area contributed by atoms with Crippen molar-refractivity contribution >= 4 is 29.1 Å². The first-order valence-corrected chi connectivity index (χ1v) is 10.3. The van der Waals surface area contributed by atoms with Crippen LogP contribution in [-0.4, -0.2) is 54.9 Å². The van der Waals surface area contributed by atoms with Gasteiger partial charge in [0.1, 0.15) is 11.9 Å². The number of hydrogen-bond acceptors (Lipinski definition) is 5. The van der Waals surface area contributed by atoms with Gasteiger partial charge in [-0.1, -0.05) is 12.1 Å². The van der Waals surface area contributed by atoms with Gasteiger partial charge in [0.25, 0.3) is 0 Å². The van der Waals surface area contributed by atoms with E-state index in [1.807, 2.05) is 0 Å². The lowest BCUT2D eigenvalue weighted by atomic mass is 10.1. The third-order valence-corrected chi connectivity index (χ3v) is 5.47. The first-order chi connectivity index (χ1) is 15.7. The molecule has 4 rings (SSSR count). The van der Waals surface area contributed by atoms with Crippen molar-refractivity contribution in [1.29, 1.82) is 0 Å². The molecule has 2 N–H and O–H groups in total. The minimum Gasteiger partial charge on any atom is -0.368 e. The maximum atomic E-state index is 13.2. The number of hydrogen-bond donors (Lipinski definition) is 2. The Bertz CT molecular complexity index is 1060. The van der Waals surface area contributed by atoms with Gasteiger partial charge in [0, 0.05) is 31.9 Å². The van der Waals surface area contributed by atoms with E-state index in [0.717, 1.165) is 17.8 Å². The van der Waals surface area contributed by atoms with Gasteiger partial charge < -0.3 is 15.1 Å². The molecule has 174 valence electrons. The maximum Gasteiger partial charge on any atom is 0.418 e. The predicted octanol–water partition coefficient (Wildman–Crippen LogP) is 2.85. The molecular weight excluding hydrogens is 442 g/mol. The standard InChI is InChI=1S/C22H21F4N5O2/c23-14-5-7-15(8-6-14)30-9-11-31(12-10-30)21-28-18(13-19(32)29-21)20(33)27-17-4-2-1-3-16(17)22(24,25)26/h1-8,18H,9-13H2,(H,27,33)(H,28,29,32)/t18-/m1/s1. The van der Waals surface area contributed by atoms with Gasteiger partial charge in [0.2, 0.25) is 17.8 Å². The molecule has 11 heteroatoms. The first kappa shape index (κ1) is 22.6. The average Bonchev–Trinajstić information content (AvgIpc) is 2.79. The smallest absolute Gasteiger partial charge is 0.368 e. The summed E-state index contributed by atoms with van der Waals surface area (Å²) in [6.45, 7) is 2.14. The highest BCUT2D eigenvalue weighted by Gasteiger charge is 2.35. The van der Waals surface area contributed by atoms with Gasteiger partial charge in [-0.3, -0.25) is 14.9 Å². The number of nitrogens with one attached hydrogen (secondary N) is 2. The van der Waals surface area contributed by atoms with Crippen LogP contribution < -0.4 is 15.5 Å². The molecule has 2 aromatic rings. The maximum absolute atomic E-state index is 13.2. The van der Waals surface area contributed by atoms with Crippen molar-refractivity contribution in [3.8, 4) is 0 Å². The molecule has 2 aliphatic heterocycles. The van der Waals surface area contributed by atoms with Crippen LogP contribution >= 0.6 is 0 Å². The molecule has 0 aromatic heterocycles. The van der Waals surface area contributed by atoms with Crippen molar-refractivity contribution in [2.24, 2.45) is 4.99 Å². The monoisotopic (exact) mass is 463 g/mol. The van der Waals surface area contributed by atoms with E-state index < -0.39 is 29.6 Å². The molecule has 2 aliphatic rings. The molecule has 33 heavy (non-hydrogen) atoms. The lowest BCUT2D eigenvalue weighted by Crippen LogP contribution is -2.56. The third kappa shape index (κ3) is 5.24. The Morgan fingerprint density at radius 1 is 1.00 bits per heavy atom. The quantitative estimate of drug-likeness (QED) is 0.687. The highest BCUT2D eigenvalue weighted by Crippen LogP contribution is 2.34. The van der Waals surface area contributed by atoms with E-state index in [-0.39, 0.29) is 23.9 Å². The highest BCUT2D eigenvalue weighted by atomic mass is 19.4. The Morgan fingerprint density at radius 3 is 2.30 bits per heavy atom. The van der Waals surface area contributed by atoms with Crippen LogP contribution in [0.5, 0.6) is 0 Å². The zero-order chi connectivity index (χ0) is 23.6. The molecule has 0 unspecified atom stereocenters. The lowest BCUT2D eigenvalue weighted by molar-refractivity contribution is -0.137. The Hall–Kier alpha value is -3.63. The fourth-order valence-corrected chi connectivity index (χ4v) is 3.77. The summed E-state index contributed by atoms with van der Waals surface area (Å²) in [7, 11) is 0. The Morgan fingerprint density at radius 2 is 1.64 bits per heavy atom. The highest BCUT2D eigenvalue weighted by molar-refractivity contribution is 6.06. The van der Waals surface area contributed by atoms with Gasteiger partial charge in [-0.05, 0) is 36.4 Å². The molecule has 2 amide bonds. The van der Waals surface area contributed by atoms with Crippen LogP contribution in [0.2, 0.25) is 0 Å². The summed E-state index contributed by atoms with van der Waals surface area (Å²) in [5.41, 5.74) is -0.489. The number of aliphatic imine (C=N–C) groups is 1. The largest absolute Gasteiger partial charge is 0.418 e. The molecule has 2 aromatic carbocycles. The Kier molecular flexibility index (Phi) is 6.21. The topological polar surface area (TPSA) is 77.0 Å². The van der Waals surface area contributed by atoms with Crippen molar-refractivity contribution in [1.82, 2.24) is 10.2 Å². The summed E-state index contributed by atoms with van der Waals surface area (Å²) in [5, 5.41) is 4.90. The minimum atomic E-state index is -4.63. The molecule has 1 saturated heterocycles. The number of anilines is 2. The van der Waals surface area contributed by atoms with Crippen LogP contribution in [0.25, 0.3) is 0 Å². The van der Waals surface area contributed by atoms with Crippen LogP contribution in [0.1, 0.15) is 12.0 Å². The molecule has 0 radical (unpaired) electrons. The van der Waals surface area contributed by atoms with Crippen molar-refractivity contribution in [2.75, 3.05) is 36.4 Å². The van der Waals surface area contributed by atoms with E-state index in [0.29, 0.717) is 26.2 Å². The van der Waals surface area contributed by atoms with Crippen LogP contribution in [0, 0.1) is 5.82 Å². The SMILES string of the molecule is O=C1C[C@H](C(=O)Nc2ccccc2C(F)(F)F)N=C(N2CCN(c3ccc(F)cc3)CC2)N1. The van der Waals surface area contributed by atoms with Crippen LogP contribution in [0.4, 0.5) is 28.9 Å². The van der Waals surface area contributed by atoms with Crippen molar-refractivity contribution in [3.63, 3.8) is 0 Å². The molecule has 0 bridgehead atoms. The summed E-state index contributed by atoms with van der Waals surface area (Å²) in [5.74, 6) is -1.33. The number of alkyl halides is 3. The van der Waals surface area contributed by atoms with E-state index in [1.54, 1.807) is 17.0 Å². The van der Waals surface area contributed by atoms with E-state index in [1.165, 1.54) is 24.3 Å². The fourth-order valence-electron chi connectivity index (χ4n) is 3.77. The molecule has 0 saturated carbocycles. The normalized spacial score (nSPS) is 19.1. The van der Waals surface area contributed by atoms with Crippen LogP contribution in [0.3, 0.4) is 0 Å². The summed E-state index contributed by atoms with van der Waals surface area (Å²) in [6, 6.07) is 9.63. The van der Waals surface area contributed by atoms with E-state index in [4.69, 9.17) is 0 Å². The first-order valence-electron chi connectivity index (χ1n) is 10.3. The van der Waals surface area contributed by atoms with Gasteiger partial charge in [0.05, 0.1) is 17.7 Å². The number of benzene rings is 2. The summed E-state index contributed by atoms with van der Waals surface area (Å²) >= 11 is 0. The molecule has 1 atom stereocenters. The van der Waals surface area contributed by atoms with Crippen molar-refractivity contribution in [2.45, 2.75) is 18.6 Å². The van der Waals surface area contributed by atoms with Crippen molar-refractivity contribution in [3.05, 3.63) is 59.9 Å². The Balaban J connectivity index is 1.44. The second-order valence-electron chi connectivity index (χ2n) is 7.70. The molecule has 0 spiro atoms. The molecule has 2 heterocycles. The fraction of sp³-hybridized carbons (Fsp3) is 0.318. The van der Waals surface area contributed by atoms with E-state index >= 15 is 0 Å². The van der Waals surface area contributed by atoms with Crippen LogP contribution in [0.15, 0.2) is 53.5 Å². The zero-order valence-electron chi connectivity index (χ0n) is 17.4. The summed E-state index contributed by atoms with van der Waals surface area (Å²) < 4.78 is 52.8. The lowest BCUT2D eigenvalue weighted by Gasteiger charge is -2.38. The number of amides is 2. The molecular formula is C22H21F4N5O2. The number of piperazine rings is 1. The number of guanidine groups is 1. The van der Waals surface area contributed by atoms with Gasteiger partial charge in [0.15, 0.2) is 0 Å². The van der Waals surface area contributed by atoms with Gasteiger partial charge in [-0.25, -0.2) is 9.38 Å². The summed E-state index contributed by atoms with van der Waals surface area (Å²) in [6.07, 6.45) is -4.90. The second-order valence-corrected chi connectivity index (χ2v) is 7.70. The number of carbonyl (C=O) groups is 2. The number of para-hydroxylation sites is 1. The van der Waals surface area contributed by atoms with Crippen LogP contribution in [-0.2, 0) is 15.8 Å². The van der Waals surface area contributed by atoms with E-state index in [9.17, 15) is 27.2 Å². The number of rotatable bonds is 3. The molecule has 1 fully saturated rings. The average molecular weight is 463 g/mol. The Labute approximate surface area is 187 Å². The van der Waals surface area contributed by atoms with E-state index in [2.05, 4.69) is 20.5 Å². The second kappa shape index (κ2) is 9.08. The predicted molar refractivity (Wildman–Crippen MR) is 114 cm³/mol. The molecule has 0 aliphatic carbocycles. The summed E-state index contributed by atoms with van der Waals surface area (Å²) in [4.78, 5) is 33.0. The number of carbonyl (C=O) groups excluding carboxylic acids is 2. The van der Waals surface area contributed by atoms with Gasteiger partial charge >= 0.3 is 6.18 Å². The number of nitrogens with zero attached hydrogens (tertiary/aromatic N) is 3. The van der Waals surface area contributed by atoms with Crippen molar-refractivity contribution < 1.29 is 27.2 Å². The zero-order valence-corrected chi connectivity index (χ0v) is 17.4. The minimum absolute atomic E-state index is 0.217. The van der Waals surface area contributed by atoms with Gasteiger partial charge in [-0.15, -0.1) is 0 Å². The molecule has 7 nitrogen and oxygen atoms in total. The van der Waals surface area contributed by atoms with Gasteiger partial charge in [-0.2, -0.15) is 13.2 Å².